The van der Waals surface area contributed by atoms with Crippen LogP contribution in [0.25, 0.3) is 0 Å². The van der Waals surface area contributed by atoms with E-state index >= 15 is 0 Å². The second kappa shape index (κ2) is 3.50. The van der Waals surface area contributed by atoms with Gasteiger partial charge in [-0.2, -0.15) is 0 Å². The summed E-state index contributed by atoms with van der Waals surface area (Å²) in [5.74, 6) is 0. The first-order chi connectivity index (χ1) is 3.66. The molecule has 0 saturated heterocycles. The van der Waals surface area contributed by atoms with Crippen LogP contribution in [0.1, 0.15) is 13.8 Å². The number of hydrogen-bond donors (Lipinski definition) is 2. The lowest BCUT2D eigenvalue weighted by molar-refractivity contribution is 0.259. The van der Waals surface area contributed by atoms with Crippen molar-refractivity contribution in [3.05, 3.63) is 12.3 Å². The molecule has 0 spiro atoms. The standard InChI is InChI=1S/C6H13NO/c1-5(2)7-6(3)4-8/h6-8H,1,4H2,2-3H3/t6-/m0/s1. The molecule has 0 rings (SSSR count). The highest BCUT2D eigenvalue weighted by atomic mass is 16.3. The summed E-state index contributed by atoms with van der Waals surface area (Å²) in [4.78, 5) is 0. The van der Waals surface area contributed by atoms with Gasteiger partial charge in [0.15, 0.2) is 0 Å². The third kappa shape index (κ3) is 3.68. The normalized spacial score (nSPS) is 12.9. The van der Waals surface area contributed by atoms with E-state index in [2.05, 4.69) is 11.9 Å². The Morgan fingerprint density at radius 3 is 2.50 bits per heavy atom. The van der Waals surface area contributed by atoms with E-state index in [-0.39, 0.29) is 12.6 Å². The summed E-state index contributed by atoms with van der Waals surface area (Å²) in [7, 11) is 0. The highest BCUT2D eigenvalue weighted by molar-refractivity contribution is 4.86. The number of rotatable bonds is 3. The molecule has 0 heterocycles. The molecular weight excluding hydrogens is 102 g/mol. The fourth-order valence-electron chi connectivity index (χ4n) is 0.466. The van der Waals surface area contributed by atoms with Crippen LogP contribution in [0.5, 0.6) is 0 Å². The van der Waals surface area contributed by atoms with Crippen molar-refractivity contribution in [1.29, 1.82) is 0 Å². The van der Waals surface area contributed by atoms with E-state index in [1.807, 2.05) is 13.8 Å². The van der Waals surface area contributed by atoms with Crippen molar-refractivity contribution in [2.24, 2.45) is 0 Å². The van der Waals surface area contributed by atoms with Crippen molar-refractivity contribution in [2.45, 2.75) is 19.9 Å². The Kier molecular flexibility index (Phi) is 3.28. The Labute approximate surface area is 50.2 Å². The van der Waals surface area contributed by atoms with E-state index in [0.717, 1.165) is 5.70 Å². The highest BCUT2D eigenvalue weighted by Gasteiger charge is 1.94. The Morgan fingerprint density at radius 2 is 2.38 bits per heavy atom. The minimum absolute atomic E-state index is 0.132. The Balaban J connectivity index is 3.24. The van der Waals surface area contributed by atoms with Crippen molar-refractivity contribution in [2.75, 3.05) is 6.61 Å². The molecule has 0 saturated carbocycles. The smallest absolute Gasteiger partial charge is 0.0630 e. The topological polar surface area (TPSA) is 32.3 Å². The quantitative estimate of drug-likeness (QED) is 0.561. The van der Waals surface area contributed by atoms with Crippen LogP contribution in [-0.2, 0) is 0 Å². The van der Waals surface area contributed by atoms with E-state index in [4.69, 9.17) is 5.11 Å². The molecule has 0 amide bonds. The van der Waals surface area contributed by atoms with Crippen molar-refractivity contribution >= 4 is 0 Å². The van der Waals surface area contributed by atoms with E-state index in [1.54, 1.807) is 0 Å². The summed E-state index contributed by atoms with van der Waals surface area (Å²) in [6, 6.07) is 0.132. The Bertz CT molecular complexity index is 80.6. The molecule has 2 heteroatoms. The fourth-order valence-corrected chi connectivity index (χ4v) is 0.466. The van der Waals surface area contributed by atoms with Crippen LogP contribution >= 0.6 is 0 Å². The number of aliphatic hydroxyl groups excluding tert-OH is 1. The Morgan fingerprint density at radius 1 is 1.88 bits per heavy atom. The lowest BCUT2D eigenvalue weighted by Crippen LogP contribution is -2.26. The number of aliphatic hydroxyl groups is 1. The maximum Gasteiger partial charge on any atom is 0.0630 e. The van der Waals surface area contributed by atoms with Crippen molar-refractivity contribution in [1.82, 2.24) is 5.32 Å². The lowest BCUT2D eigenvalue weighted by atomic mass is 10.3. The number of nitrogens with one attached hydrogen (secondary N) is 1. The zero-order valence-electron chi connectivity index (χ0n) is 5.44. The largest absolute Gasteiger partial charge is 0.394 e. The summed E-state index contributed by atoms with van der Waals surface area (Å²) in [5.41, 5.74) is 0.895. The average molecular weight is 115 g/mol. The number of hydrogen-bond acceptors (Lipinski definition) is 2. The van der Waals surface area contributed by atoms with Crippen LogP contribution < -0.4 is 5.32 Å². The molecule has 0 fully saturated rings. The van der Waals surface area contributed by atoms with Crippen molar-refractivity contribution in [3.63, 3.8) is 0 Å². The summed E-state index contributed by atoms with van der Waals surface area (Å²) >= 11 is 0. The molecule has 0 aromatic heterocycles. The summed E-state index contributed by atoms with van der Waals surface area (Å²) < 4.78 is 0. The van der Waals surface area contributed by atoms with Crippen molar-refractivity contribution < 1.29 is 5.11 Å². The molecule has 0 aromatic carbocycles. The van der Waals surface area contributed by atoms with Crippen LogP contribution in [0.3, 0.4) is 0 Å². The second-order valence-electron chi connectivity index (χ2n) is 2.01. The van der Waals surface area contributed by atoms with Crippen LogP contribution in [0.4, 0.5) is 0 Å². The molecule has 0 unspecified atom stereocenters. The van der Waals surface area contributed by atoms with E-state index in [9.17, 15) is 0 Å². The van der Waals surface area contributed by atoms with Gasteiger partial charge in [0.25, 0.3) is 0 Å². The van der Waals surface area contributed by atoms with Gasteiger partial charge in [0.1, 0.15) is 0 Å². The van der Waals surface area contributed by atoms with Gasteiger partial charge in [-0.1, -0.05) is 6.58 Å². The van der Waals surface area contributed by atoms with Gasteiger partial charge in [0, 0.05) is 11.7 Å². The second-order valence-corrected chi connectivity index (χ2v) is 2.01. The monoisotopic (exact) mass is 115 g/mol. The molecule has 8 heavy (non-hydrogen) atoms. The van der Waals surface area contributed by atoms with E-state index in [1.165, 1.54) is 0 Å². The van der Waals surface area contributed by atoms with Gasteiger partial charge in [0.05, 0.1) is 6.61 Å². The first-order valence-electron chi connectivity index (χ1n) is 2.69. The van der Waals surface area contributed by atoms with Crippen LogP contribution in [0.2, 0.25) is 0 Å². The third-order valence-electron chi connectivity index (χ3n) is 0.767. The van der Waals surface area contributed by atoms with Gasteiger partial charge in [0.2, 0.25) is 0 Å². The molecule has 1 atom stereocenters. The predicted molar refractivity (Wildman–Crippen MR) is 34.5 cm³/mol. The Hall–Kier alpha value is -0.500. The van der Waals surface area contributed by atoms with Crippen molar-refractivity contribution in [3.8, 4) is 0 Å². The van der Waals surface area contributed by atoms with Crippen LogP contribution in [-0.4, -0.2) is 17.8 Å². The molecule has 48 valence electrons. The summed E-state index contributed by atoms with van der Waals surface area (Å²) in [6.07, 6.45) is 0. The van der Waals surface area contributed by atoms with Gasteiger partial charge in [-0.05, 0) is 13.8 Å². The van der Waals surface area contributed by atoms with Gasteiger partial charge in [-0.3, -0.25) is 0 Å². The van der Waals surface area contributed by atoms with Crippen LogP contribution in [0, 0.1) is 0 Å². The number of allylic oxidation sites excluding steroid dienone is 1. The van der Waals surface area contributed by atoms with Gasteiger partial charge >= 0.3 is 0 Å². The third-order valence-corrected chi connectivity index (χ3v) is 0.767. The zero-order chi connectivity index (χ0) is 6.57. The first kappa shape index (κ1) is 7.50. The van der Waals surface area contributed by atoms with Gasteiger partial charge < -0.3 is 10.4 Å². The highest BCUT2D eigenvalue weighted by Crippen LogP contribution is 1.83. The molecule has 0 aliphatic carbocycles. The minimum Gasteiger partial charge on any atom is -0.394 e. The van der Waals surface area contributed by atoms with Gasteiger partial charge in [-0.25, -0.2) is 0 Å². The zero-order valence-corrected chi connectivity index (χ0v) is 5.44. The van der Waals surface area contributed by atoms with E-state index in [0.29, 0.717) is 0 Å². The average Bonchev–Trinajstić information content (AvgIpc) is 1.65. The fraction of sp³-hybridized carbons (Fsp3) is 0.667. The molecule has 0 aliphatic rings. The van der Waals surface area contributed by atoms with Crippen LogP contribution in [0.15, 0.2) is 12.3 Å². The summed E-state index contributed by atoms with van der Waals surface area (Å²) in [6.45, 7) is 7.55. The SMILES string of the molecule is C=C(C)N[C@@H](C)CO. The lowest BCUT2D eigenvalue weighted by Gasteiger charge is -2.10. The molecule has 2 N–H and O–H groups in total. The molecule has 0 radical (unpaired) electrons. The molecule has 0 bridgehead atoms. The predicted octanol–water partition coefficient (Wildman–Crippen LogP) is 0.490. The first-order valence-corrected chi connectivity index (χ1v) is 2.69. The molecule has 0 aromatic rings. The maximum absolute atomic E-state index is 8.48. The minimum atomic E-state index is 0.132. The molecule has 0 aliphatic heterocycles. The maximum atomic E-state index is 8.48. The van der Waals surface area contributed by atoms with E-state index < -0.39 is 0 Å². The summed E-state index contributed by atoms with van der Waals surface area (Å²) in [5, 5.41) is 11.4. The van der Waals surface area contributed by atoms with Gasteiger partial charge in [-0.15, -0.1) is 0 Å². The molecule has 2 nitrogen and oxygen atoms in total. The molecular formula is C6H13NO.